The number of para-hydroxylation sites is 1. The van der Waals surface area contributed by atoms with E-state index < -0.39 is 6.04 Å². The summed E-state index contributed by atoms with van der Waals surface area (Å²) < 4.78 is 5.33. The standard InChI is InChI=1S/C29H28N4O3S/c1-18-11-12-19(2)24(14-18)27-26(28(35)32-21-8-5-4-6-9-21)20(3)31-29-33(27)22(17-37-29)15-25(34)30-16-23-10-7-13-36-23/h4-14,17,27H,15-16H2,1-3H3,(H,30,34)(H,32,35). The Morgan fingerprint density at radius 2 is 1.86 bits per heavy atom. The summed E-state index contributed by atoms with van der Waals surface area (Å²) in [6.07, 6.45) is 1.74. The summed E-state index contributed by atoms with van der Waals surface area (Å²) in [6.45, 7) is 6.28. The number of fused-ring (bicyclic) bond motifs is 1. The first-order valence-electron chi connectivity index (χ1n) is 12.1. The van der Waals surface area contributed by atoms with Crippen molar-refractivity contribution in [2.45, 2.75) is 39.8 Å². The van der Waals surface area contributed by atoms with Gasteiger partial charge in [0.25, 0.3) is 5.91 Å². The molecule has 0 bridgehead atoms. The van der Waals surface area contributed by atoms with Crippen LogP contribution in [0.1, 0.15) is 41.8 Å². The molecule has 3 aromatic rings. The minimum atomic E-state index is -0.421. The number of carbonyl (C=O) groups is 2. The molecule has 0 spiro atoms. The highest BCUT2D eigenvalue weighted by Crippen LogP contribution is 2.45. The van der Waals surface area contributed by atoms with Gasteiger partial charge in [-0.1, -0.05) is 53.7 Å². The van der Waals surface area contributed by atoms with Gasteiger partial charge >= 0.3 is 0 Å². The molecule has 37 heavy (non-hydrogen) atoms. The van der Waals surface area contributed by atoms with Gasteiger partial charge in [0.1, 0.15) is 5.76 Å². The van der Waals surface area contributed by atoms with Gasteiger partial charge in [-0.05, 0) is 61.6 Å². The van der Waals surface area contributed by atoms with Gasteiger partial charge in [0.2, 0.25) is 5.91 Å². The van der Waals surface area contributed by atoms with Crippen molar-refractivity contribution in [2.75, 3.05) is 5.32 Å². The molecular formula is C29H28N4O3S. The number of amides is 2. The zero-order valence-corrected chi connectivity index (χ0v) is 21.8. The molecular weight excluding hydrogens is 484 g/mol. The van der Waals surface area contributed by atoms with E-state index >= 15 is 0 Å². The minimum Gasteiger partial charge on any atom is -0.467 e. The van der Waals surface area contributed by atoms with Crippen molar-refractivity contribution < 1.29 is 14.0 Å². The predicted molar refractivity (Wildman–Crippen MR) is 147 cm³/mol. The van der Waals surface area contributed by atoms with Crippen molar-refractivity contribution in [3.63, 3.8) is 0 Å². The van der Waals surface area contributed by atoms with E-state index in [0.717, 1.165) is 27.6 Å². The number of rotatable bonds is 7. The third kappa shape index (κ3) is 5.24. The molecule has 0 saturated carbocycles. The molecule has 0 fully saturated rings. The number of aliphatic imine (C=N–C) groups is 1. The van der Waals surface area contributed by atoms with Crippen LogP contribution in [0.4, 0.5) is 5.69 Å². The average Bonchev–Trinajstić information content (AvgIpc) is 3.54. The van der Waals surface area contributed by atoms with E-state index in [-0.39, 0.29) is 18.2 Å². The predicted octanol–water partition coefficient (Wildman–Crippen LogP) is 5.82. The largest absolute Gasteiger partial charge is 0.467 e. The van der Waals surface area contributed by atoms with E-state index in [0.29, 0.717) is 29.3 Å². The molecule has 0 saturated heterocycles. The third-order valence-electron chi connectivity index (χ3n) is 6.39. The number of thioether (sulfide) groups is 1. The van der Waals surface area contributed by atoms with Gasteiger partial charge in [-0.2, -0.15) is 0 Å². The summed E-state index contributed by atoms with van der Waals surface area (Å²) in [7, 11) is 0. The van der Waals surface area contributed by atoms with Gasteiger partial charge in [0, 0.05) is 11.4 Å². The van der Waals surface area contributed by atoms with Crippen molar-refractivity contribution in [1.82, 2.24) is 10.2 Å². The average molecular weight is 513 g/mol. The summed E-state index contributed by atoms with van der Waals surface area (Å²) in [6, 6.07) is 18.8. The number of furan rings is 1. The summed E-state index contributed by atoms with van der Waals surface area (Å²) >= 11 is 1.47. The van der Waals surface area contributed by atoms with Crippen LogP contribution in [0.5, 0.6) is 0 Å². The third-order valence-corrected chi connectivity index (χ3v) is 7.28. The Balaban J connectivity index is 1.48. The number of allylic oxidation sites excluding steroid dienone is 1. The van der Waals surface area contributed by atoms with E-state index in [1.165, 1.54) is 11.8 Å². The first kappa shape index (κ1) is 24.6. The number of nitrogens with one attached hydrogen (secondary N) is 2. The topological polar surface area (TPSA) is 86.9 Å². The number of benzene rings is 2. The van der Waals surface area contributed by atoms with E-state index in [1.54, 1.807) is 12.3 Å². The van der Waals surface area contributed by atoms with Crippen LogP contribution in [0.2, 0.25) is 0 Å². The second-order valence-electron chi connectivity index (χ2n) is 9.11. The summed E-state index contributed by atoms with van der Waals surface area (Å²) in [5.74, 6) is 0.344. The number of hydrogen-bond acceptors (Lipinski definition) is 6. The number of amidine groups is 1. The van der Waals surface area contributed by atoms with E-state index in [2.05, 4.69) is 28.8 Å². The van der Waals surface area contributed by atoms with Crippen molar-refractivity contribution in [2.24, 2.45) is 4.99 Å². The molecule has 0 aliphatic carbocycles. The van der Waals surface area contributed by atoms with Crippen LogP contribution >= 0.6 is 11.8 Å². The molecule has 1 unspecified atom stereocenters. The van der Waals surface area contributed by atoms with Crippen molar-refractivity contribution >= 4 is 34.4 Å². The van der Waals surface area contributed by atoms with Crippen LogP contribution in [0.3, 0.4) is 0 Å². The molecule has 2 aliphatic rings. The normalized spacial score (nSPS) is 16.7. The highest BCUT2D eigenvalue weighted by atomic mass is 32.2. The van der Waals surface area contributed by atoms with Gasteiger partial charge in [-0.25, -0.2) is 4.99 Å². The summed E-state index contributed by atoms with van der Waals surface area (Å²) in [4.78, 5) is 33.4. The number of carbonyl (C=O) groups excluding carboxylic acids is 2. The fourth-order valence-corrected chi connectivity index (χ4v) is 5.52. The quantitative estimate of drug-likeness (QED) is 0.417. The highest BCUT2D eigenvalue weighted by Gasteiger charge is 2.41. The molecule has 0 radical (unpaired) electrons. The maximum absolute atomic E-state index is 13.7. The Morgan fingerprint density at radius 3 is 2.62 bits per heavy atom. The Bertz CT molecular complexity index is 1420. The van der Waals surface area contributed by atoms with Crippen molar-refractivity contribution in [3.05, 3.63) is 112 Å². The Kier molecular flexibility index (Phi) is 7.01. The first-order valence-corrected chi connectivity index (χ1v) is 13.0. The van der Waals surface area contributed by atoms with E-state index in [1.807, 2.05) is 67.5 Å². The Morgan fingerprint density at radius 1 is 1.05 bits per heavy atom. The van der Waals surface area contributed by atoms with Crippen LogP contribution < -0.4 is 10.6 Å². The smallest absolute Gasteiger partial charge is 0.255 e. The second-order valence-corrected chi connectivity index (χ2v) is 9.94. The zero-order chi connectivity index (χ0) is 25.9. The first-order chi connectivity index (χ1) is 17.9. The lowest BCUT2D eigenvalue weighted by atomic mass is 9.89. The lowest BCUT2D eigenvalue weighted by molar-refractivity contribution is -0.120. The summed E-state index contributed by atoms with van der Waals surface area (Å²) in [5, 5.41) is 8.67. The molecule has 3 heterocycles. The maximum atomic E-state index is 13.7. The highest BCUT2D eigenvalue weighted by molar-refractivity contribution is 8.16. The zero-order valence-electron chi connectivity index (χ0n) is 20.9. The fraction of sp³-hybridized carbons (Fsp3) is 0.207. The lowest BCUT2D eigenvalue weighted by Crippen LogP contribution is -2.39. The van der Waals surface area contributed by atoms with Crippen LogP contribution in [0.25, 0.3) is 0 Å². The van der Waals surface area contributed by atoms with Gasteiger partial charge in [0.05, 0.1) is 36.5 Å². The number of aryl methyl sites for hydroxylation is 2. The minimum absolute atomic E-state index is 0.134. The van der Waals surface area contributed by atoms with E-state index in [4.69, 9.17) is 9.41 Å². The maximum Gasteiger partial charge on any atom is 0.255 e. The number of hydrogen-bond donors (Lipinski definition) is 2. The molecule has 1 aromatic heterocycles. The second kappa shape index (κ2) is 10.5. The van der Waals surface area contributed by atoms with Gasteiger partial charge in [0.15, 0.2) is 5.17 Å². The monoisotopic (exact) mass is 512 g/mol. The van der Waals surface area contributed by atoms with Crippen molar-refractivity contribution in [1.29, 1.82) is 0 Å². The van der Waals surface area contributed by atoms with Crippen molar-refractivity contribution in [3.8, 4) is 0 Å². The van der Waals surface area contributed by atoms with Crippen LogP contribution in [0.15, 0.2) is 98.7 Å². The fourth-order valence-electron chi connectivity index (χ4n) is 4.55. The van der Waals surface area contributed by atoms with Crippen LogP contribution in [0, 0.1) is 13.8 Å². The molecule has 2 aliphatic heterocycles. The lowest BCUT2D eigenvalue weighted by Gasteiger charge is -2.37. The Hall–Kier alpha value is -4.04. The molecule has 8 heteroatoms. The van der Waals surface area contributed by atoms with Gasteiger partial charge in [-0.3, -0.25) is 9.59 Å². The number of anilines is 1. The summed E-state index contributed by atoms with van der Waals surface area (Å²) in [5.41, 5.74) is 5.90. The molecule has 7 nitrogen and oxygen atoms in total. The van der Waals surface area contributed by atoms with Gasteiger partial charge < -0.3 is 20.0 Å². The molecule has 188 valence electrons. The molecule has 1 atom stereocenters. The number of nitrogens with zero attached hydrogens (tertiary/aromatic N) is 2. The Labute approximate surface area is 220 Å². The SMILES string of the molecule is CC1=C(C(=O)Nc2ccccc2)C(c2cc(C)ccc2C)N2C(CC(=O)NCc3ccco3)=CSC2=N1. The van der Waals surface area contributed by atoms with Gasteiger partial charge in [-0.15, -0.1) is 0 Å². The molecule has 2 N–H and O–H groups in total. The van der Waals surface area contributed by atoms with Crippen LogP contribution in [-0.2, 0) is 16.1 Å². The molecule has 5 rings (SSSR count). The van der Waals surface area contributed by atoms with Crippen LogP contribution in [-0.4, -0.2) is 21.9 Å². The molecule has 2 amide bonds. The molecule has 2 aromatic carbocycles. The van der Waals surface area contributed by atoms with E-state index in [9.17, 15) is 9.59 Å².